The van der Waals surface area contributed by atoms with Crippen LogP contribution in [0.1, 0.15) is 5.56 Å². The number of nitro benzene ring substituents is 1. The zero-order valence-corrected chi connectivity index (χ0v) is 12.7. The molecule has 0 atom stereocenters. The lowest BCUT2D eigenvalue weighted by Gasteiger charge is -2.12. The van der Waals surface area contributed by atoms with Crippen LogP contribution in [0, 0.1) is 27.6 Å². The van der Waals surface area contributed by atoms with E-state index in [0.29, 0.717) is 12.1 Å². The number of nitro groups is 1. The average Bonchev–Trinajstić information content (AvgIpc) is 2.44. The van der Waals surface area contributed by atoms with Gasteiger partial charge in [-0.15, -0.1) is 0 Å². The fourth-order valence-corrected chi connectivity index (χ4v) is 2.00. The second-order valence-electron chi connectivity index (χ2n) is 4.36. The summed E-state index contributed by atoms with van der Waals surface area (Å²) < 4.78 is 82.5. The summed E-state index contributed by atoms with van der Waals surface area (Å²) in [6.07, 6.45) is -5.00. The molecule has 0 amide bonds. The van der Waals surface area contributed by atoms with E-state index in [1.54, 1.807) is 0 Å². The molecule has 0 heterocycles. The summed E-state index contributed by atoms with van der Waals surface area (Å²) in [5.74, 6) is -6.74. The Labute approximate surface area is 137 Å². The van der Waals surface area contributed by atoms with Crippen molar-refractivity contribution in [1.82, 2.24) is 0 Å². The molecular weight excluding hydrogens is 412 g/mol. The van der Waals surface area contributed by atoms with Crippen molar-refractivity contribution in [2.45, 2.75) is 6.18 Å². The Morgan fingerprint density at radius 2 is 1.54 bits per heavy atom. The second kappa shape index (κ2) is 6.30. The van der Waals surface area contributed by atoms with Crippen molar-refractivity contribution in [3.8, 4) is 11.5 Å². The van der Waals surface area contributed by atoms with Gasteiger partial charge in [-0.2, -0.15) is 13.2 Å². The molecule has 2 aromatic carbocycles. The molecule has 2 rings (SSSR count). The average molecular weight is 416 g/mol. The molecule has 0 fully saturated rings. The van der Waals surface area contributed by atoms with Crippen LogP contribution in [0.3, 0.4) is 0 Å². The zero-order chi connectivity index (χ0) is 18.2. The van der Waals surface area contributed by atoms with Crippen LogP contribution in [0.25, 0.3) is 0 Å². The van der Waals surface area contributed by atoms with Gasteiger partial charge in [-0.05, 0) is 28.1 Å². The van der Waals surface area contributed by atoms with Gasteiger partial charge in [0, 0.05) is 12.1 Å². The van der Waals surface area contributed by atoms with Gasteiger partial charge in [0.1, 0.15) is 5.82 Å². The highest BCUT2D eigenvalue weighted by molar-refractivity contribution is 9.10. The van der Waals surface area contributed by atoms with E-state index >= 15 is 0 Å². The number of hydrogen-bond donors (Lipinski definition) is 0. The van der Waals surface area contributed by atoms with E-state index in [9.17, 15) is 36.5 Å². The smallest absolute Gasteiger partial charge is 0.416 e. The molecule has 0 aliphatic heterocycles. The zero-order valence-electron chi connectivity index (χ0n) is 11.1. The number of ether oxygens (including phenoxy) is 1. The van der Waals surface area contributed by atoms with Crippen LogP contribution in [-0.2, 0) is 6.18 Å². The van der Waals surface area contributed by atoms with E-state index in [-0.39, 0.29) is 16.6 Å². The molecule has 0 aliphatic carbocycles. The lowest BCUT2D eigenvalue weighted by molar-refractivity contribution is -0.385. The van der Waals surface area contributed by atoms with Gasteiger partial charge in [0.05, 0.1) is 15.0 Å². The molecule has 0 radical (unpaired) electrons. The van der Waals surface area contributed by atoms with E-state index in [1.807, 2.05) is 0 Å². The molecular formula is C13H4BrF6NO3. The summed E-state index contributed by atoms with van der Waals surface area (Å²) in [7, 11) is 0. The highest BCUT2D eigenvalue weighted by Crippen LogP contribution is 2.39. The van der Waals surface area contributed by atoms with Gasteiger partial charge in [-0.1, -0.05) is 0 Å². The predicted octanol–water partition coefficient (Wildman–Crippen LogP) is 5.59. The highest BCUT2D eigenvalue weighted by Gasteiger charge is 2.33. The Hall–Kier alpha value is -2.30. The first-order valence-electron chi connectivity index (χ1n) is 5.88. The first-order valence-corrected chi connectivity index (χ1v) is 6.67. The van der Waals surface area contributed by atoms with Gasteiger partial charge in [0.25, 0.3) is 0 Å². The molecule has 2 aromatic rings. The molecule has 4 nitrogen and oxygen atoms in total. The van der Waals surface area contributed by atoms with Gasteiger partial charge in [-0.3, -0.25) is 10.1 Å². The Balaban J connectivity index is 2.53. The van der Waals surface area contributed by atoms with Gasteiger partial charge in [0.2, 0.25) is 5.75 Å². The summed E-state index contributed by atoms with van der Waals surface area (Å²) >= 11 is 2.69. The quantitative estimate of drug-likeness (QED) is 0.373. The largest absolute Gasteiger partial charge is 0.444 e. The standard InChI is InChI=1S/C13H4BrF6NO3/c14-6-3-10(21(22)23)11(4-7(6)15)24-12-8(16)1-5(2-9(12)17)13(18,19)20/h1-4H. The molecule has 24 heavy (non-hydrogen) atoms. The molecule has 0 aliphatic rings. The Kier molecular flexibility index (Phi) is 4.74. The van der Waals surface area contributed by atoms with Gasteiger partial charge >= 0.3 is 11.9 Å². The minimum absolute atomic E-state index is 0.0422. The maximum absolute atomic E-state index is 13.7. The third kappa shape index (κ3) is 3.61. The molecule has 0 saturated carbocycles. The van der Waals surface area contributed by atoms with Crippen LogP contribution in [0.15, 0.2) is 28.7 Å². The van der Waals surface area contributed by atoms with Crippen LogP contribution in [0.4, 0.5) is 32.0 Å². The second-order valence-corrected chi connectivity index (χ2v) is 5.21. The van der Waals surface area contributed by atoms with Crippen LogP contribution in [0.5, 0.6) is 11.5 Å². The van der Waals surface area contributed by atoms with Crippen molar-refractivity contribution in [2.75, 3.05) is 0 Å². The third-order valence-electron chi connectivity index (χ3n) is 2.74. The molecule has 0 saturated heterocycles. The molecule has 11 heteroatoms. The van der Waals surface area contributed by atoms with Crippen LogP contribution in [0.2, 0.25) is 0 Å². The van der Waals surface area contributed by atoms with Crippen LogP contribution >= 0.6 is 15.9 Å². The predicted molar refractivity (Wildman–Crippen MR) is 72.2 cm³/mol. The first-order chi connectivity index (χ1) is 11.0. The lowest BCUT2D eigenvalue weighted by atomic mass is 10.2. The van der Waals surface area contributed by atoms with Crippen molar-refractivity contribution >= 4 is 21.6 Å². The monoisotopic (exact) mass is 415 g/mol. The van der Waals surface area contributed by atoms with Gasteiger partial charge < -0.3 is 4.74 Å². The summed E-state index contributed by atoms with van der Waals surface area (Å²) in [5.41, 5.74) is -2.46. The summed E-state index contributed by atoms with van der Waals surface area (Å²) in [6, 6.07) is 1.07. The Morgan fingerprint density at radius 3 is 2.00 bits per heavy atom. The normalized spacial score (nSPS) is 11.5. The number of hydrogen-bond acceptors (Lipinski definition) is 3. The molecule has 0 unspecified atom stereocenters. The Bertz CT molecular complexity index is 801. The van der Waals surface area contributed by atoms with Crippen molar-refractivity contribution in [2.24, 2.45) is 0 Å². The molecule has 128 valence electrons. The topological polar surface area (TPSA) is 52.4 Å². The molecule has 0 aromatic heterocycles. The van der Waals surface area contributed by atoms with Crippen molar-refractivity contribution < 1.29 is 36.0 Å². The number of halogens is 7. The van der Waals surface area contributed by atoms with E-state index < -0.39 is 51.3 Å². The van der Waals surface area contributed by atoms with Crippen molar-refractivity contribution in [3.05, 3.63) is 61.9 Å². The van der Waals surface area contributed by atoms with E-state index in [0.717, 1.165) is 0 Å². The number of nitrogens with zero attached hydrogens (tertiary/aromatic N) is 1. The van der Waals surface area contributed by atoms with Gasteiger partial charge in [0.15, 0.2) is 17.4 Å². The number of benzene rings is 2. The lowest BCUT2D eigenvalue weighted by Crippen LogP contribution is -2.07. The van der Waals surface area contributed by atoms with Crippen molar-refractivity contribution in [1.29, 1.82) is 0 Å². The summed E-state index contributed by atoms with van der Waals surface area (Å²) in [5, 5.41) is 10.9. The SMILES string of the molecule is O=[N+]([O-])c1cc(Br)c(F)cc1Oc1c(F)cc(C(F)(F)F)cc1F. The van der Waals surface area contributed by atoms with Crippen molar-refractivity contribution in [3.63, 3.8) is 0 Å². The summed E-state index contributed by atoms with van der Waals surface area (Å²) in [4.78, 5) is 9.86. The van der Waals surface area contributed by atoms with Crippen LogP contribution in [-0.4, -0.2) is 4.92 Å². The first kappa shape index (κ1) is 18.0. The van der Waals surface area contributed by atoms with Gasteiger partial charge in [-0.25, -0.2) is 13.2 Å². The number of rotatable bonds is 3. The fraction of sp³-hybridized carbons (Fsp3) is 0.0769. The Morgan fingerprint density at radius 1 is 1.00 bits per heavy atom. The minimum atomic E-state index is -5.00. The maximum atomic E-state index is 13.7. The minimum Gasteiger partial charge on any atom is -0.444 e. The molecule has 0 spiro atoms. The number of alkyl halides is 3. The highest BCUT2D eigenvalue weighted by atomic mass is 79.9. The van der Waals surface area contributed by atoms with E-state index in [4.69, 9.17) is 0 Å². The van der Waals surface area contributed by atoms with Crippen LogP contribution < -0.4 is 4.74 Å². The fourth-order valence-electron chi connectivity index (χ4n) is 1.67. The van der Waals surface area contributed by atoms with E-state index in [1.165, 1.54) is 0 Å². The molecule has 0 bridgehead atoms. The molecule has 0 N–H and O–H groups in total. The summed E-state index contributed by atoms with van der Waals surface area (Å²) in [6.45, 7) is 0. The third-order valence-corrected chi connectivity index (χ3v) is 3.34. The van der Waals surface area contributed by atoms with E-state index in [2.05, 4.69) is 20.7 Å². The maximum Gasteiger partial charge on any atom is 0.416 e.